The van der Waals surface area contributed by atoms with Crippen molar-refractivity contribution in [1.82, 2.24) is 4.72 Å². The molecule has 5 nitrogen and oxygen atoms in total. The number of halogens is 2. The van der Waals surface area contributed by atoms with E-state index in [-0.39, 0.29) is 0 Å². The fourth-order valence-corrected chi connectivity index (χ4v) is 1.71. The highest BCUT2D eigenvalue weighted by Gasteiger charge is 2.20. The summed E-state index contributed by atoms with van der Waals surface area (Å²) in [4.78, 5) is 9.26. The van der Waals surface area contributed by atoms with Gasteiger partial charge in [-0.15, -0.1) is 4.91 Å². The molecule has 1 aromatic rings. The summed E-state index contributed by atoms with van der Waals surface area (Å²) in [6.07, 6.45) is 0. The second-order valence-corrected chi connectivity index (χ2v) is 4.39. The predicted octanol–water partition coefficient (Wildman–Crippen LogP) is 1.27. The molecule has 8 heteroatoms. The summed E-state index contributed by atoms with van der Waals surface area (Å²) >= 11 is 0. The molecule has 0 unspecified atom stereocenters. The lowest BCUT2D eigenvalue weighted by Gasteiger charge is -2.04. The van der Waals surface area contributed by atoms with E-state index < -0.39 is 32.2 Å². The maximum atomic E-state index is 13.0. The van der Waals surface area contributed by atoms with Gasteiger partial charge < -0.3 is 0 Å². The Labute approximate surface area is 84.1 Å². The van der Waals surface area contributed by atoms with Gasteiger partial charge in [0.15, 0.2) is 5.82 Å². The van der Waals surface area contributed by atoms with Gasteiger partial charge in [-0.2, -0.15) is 0 Å². The van der Waals surface area contributed by atoms with Crippen molar-refractivity contribution in [3.8, 4) is 0 Å². The molecule has 0 heterocycles. The zero-order valence-electron chi connectivity index (χ0n) is 7.49. The smallest absolute Gasteiger partial charge is 0.214 e. The standard InChI is InChI=1S/C7H6F2N2O3S/c1-10-15(13,14)7-3-6(11-12)4(8)2-5(7)9/h2-3,10H,1H3. The van der Waals surface area contributed by atoms with Crippen LogP contribution in [0.25, 0.3) is 0 Å². The Balaban J connectivity index is 3.51. The van der Waals surface area contributed by atoms with Gasteiger partial charge in [-0.05, 0) is 18.3 Å². The number of nitroso groups, excluding NO2 is 1. The van der Waals surface area contributed by atoms with E-state index in [9.17, 15) is 22.1 Å². The van der Waals surface area contributed by atoms with Crippen LogP contribution < -0.4 is 4.72 Å². The summed E-state index contributed by atoms with van der Waals surface area (Å²) in [5, 5.41) is 2.24. The first-order chi connectivity index (χ1) is 6.92. The van der Waals surface area contributed by atoms with Crippen LogP contribution in [0.15, 0.2) is 22.2 Å². The van der Waals surface area contributed by atoms with Crippen molar-refractivity contribution in [3.63, 3.8) is 0 Å². The van der Waals surface area contributed by atoms with E-state index in [4.69, 9.17) is 0 Å². The summed E-state index contributed by atoms with van der Waals surface area (Å²) in [5.74, 6) is -2.49. The lowest BCUT2D eigenvalue weighted by molar-refractivity contribution is 0.546. The number of hydrogen-bond donors (Lipinski definition) is 1. The summed E-state index contributed by atoms with van der Waals surface area (Å²) in [7, 11) is -3.01. The number of nitrogens with zero attached hydrogens (tertiary/aromatic N) is 1. The molecule has 0 aromatic heterocycles. The molecule has 15 heavy (non-hydrogen) atoms. The Morgan fingerprint density at radius 3 is 2.33 bits per heavy atom. The molecule has 0 radical (unpaired) electrons. The minimum absolute atomic E-state index is 0.293. The average molecular weight is 236 g/mol. The van der Waals surface area contributed by atoms with Crippen molar-refractivity contribution >= 4 is 15.7 Å². The van der Waals surface area contributed by atoms with Crippen molar-refractivity contribution < 1.29 is 17.2 Å². The van der Waals surface area contributed by atoms with Crippen LogP contribution in [-0.4, -0.2) is 15.5 Å². The molecule has 1 N–H and O–H groups in total. The van der Waals surface area contributed by atoms with Crippen LogP contribution in [0.3, 0.4) is 0 Å². The molecule has 82 valence electrons. The zero-order valence-corrected chi connectivity index (χ0v) is 8.31. The second kappa shape index (κ2) is 3.99. The number of rotatable bonds is 3. The number of nitrogens with one attached hydrogen (secondary N) is 1. The van der Waals surface area contributed by atoms with Crippen LogP contribution in [0.2, 0.25) is 0 Å². The van der Waals surface area contributed by atoms with E-state index in [0.29, 0.717) is 12.1 Å². The topological polar surface area (TPSA) is 75.6 Å². The number of sulfonamides is 1. The van der Waals surface area contributed by atoms with Gasteiger partial charge in [-0.25, -0.2) is 21.9 Å². The first kappa shape index (κ1) is 11.7. The molecule has 0 saturated carbocycles. The molecule has 0 saturated heterocycles. The molecule has 0 aliphatic rings. The van der Waals surface area contributed by atoms with E-state index in [1.807, 2.05) is 4.72 Å². The molecule has 0 aliphatic heterocycles. The van der Waals surface area contributed by atoms with Gasteiger partial charge in [-0.1, -0.05) is 0 Å². The summed E-state index contributed by atoms with van der Waals surface area (Å²) in [6, 6.07) is 0.824. The van der Waals surface area contributed by atoms with Gasteiger partial charge in [-0.3, -0.25) is 0 Å². The minimum Gasteiger partial charge on any atom is -0.214 e. The lowest BCUT2D eigenvalue weighted by atomic mass is 10.3. The Bertz CT molecular complexity index is 501. The van der Waals surface area contributed by atoms with Crippen molar-refractivity contribution in [3.05, 3.63) is 28.7 Å². The van der Waals surface area contributed by atoms with Gasteiger partial charge in [0.05, 0.1) is 0 Å². The molecule has 0 atom stereocenters. The van der Waals surface area contributed by atoms with Gasteiger partial charge in [0.1, 0.15) is 16.4 Å². The molecule has 0 fully saturated rings. The fraction of sp³-hybridized carbons (Fsp3) is 0.143. The van der Waals surface area contributed by atoms with Crippen LogP contribution >= 0.6 is 0 Å². The van der Waals surface area contributed by atoms with Crippen LogP contribution in [-0.2, 0) is 10.0 Å². The lowest BCUT2D eigenvalue weighted by Crippen LogP contribution is -2.19. The van der Waals surface area contributed by atoms with Crippen molar-refractivity contribution in [1.29, 1.82) is 0 Å². The Morgan fingerprint density at radius 2 is 1.87 bits per heavy atom. The van der Waals surface area contributed by atoms with Gasteiger partial charge in [0, 0.05) is 6.07 Å². The molecule has 0 spiro atoms. The second-order valence-electron chi connectivity index (χ2n) is 2.53. The largest absolute Gasteiger partial charge is 0.243 e. The van der Waals surface area contributed by atoms with Gasteiger partial charge in [0.2, 0.25) is 10.0 Å². The highest BCUT2D eigenvalue weighted by Crippen LogP contribution is 2.24. The van der Waals surface area contributed by atoms with E-state index in [1.165, 1.54) is 0 Å². The monoisotopic (exact) mass is 236 g/mol. The Hall–Kier alpha value is -1.41. The fourth-order valence-electron chi connectivity index (χ4n) is 0.904. The van der Waals surface area contributed by atoms with Crippen molar-refractivity contribution in [2.75, 3.05) is 7.05 Å². The van der Waals surface area contributed by atoms with Crippen molar-refractivity contribution in [2.45, 2.75) is 4.90 Å². The molecule has 0 amide bonds. The first-order valence-corrected chi connectivity index (χ1v) is 5.16. The van der Waals surface area contributed by atoms with Gasteiger partial charge in [0.25, 0.3) is 0 Å². The maximum Gasteiger partial charge on any atom is 0.243 e. The van der Waals surface area contributed by atoms with Crippen LogP contribution in [0.5, 0.6) is 0 Å². The SMILES string of the molecule is CNS(=O)(=O)c1cc(N=O)c(F)cc1F. The number of benzene rings is 1. The minimum atomic E-state index is -4.07. The summed E-state index contributed by atoms with van der Waals surface area (Å²) in [5.41, 5.74) is -0.759. The third-order valence-corrected chi connectivity index (χ3v) is 3.09. The van der Waals surface area contributed by atoms with E-state index in [1.54, 1.807) is 0 Å². The third kappa shape index (κ3) is 2.16. The zero-order chi connectivity index (χ0) is 11.6. The molecule has 1 aromatic carbocycles. The highest BCUT2D eigenvalue weighted by molar-refractivity contribution is 7.89. The summed E-state index contributed by atoms with van der Waals surface area (Å²) in [6.45, 7) is 0. The van der Waals surface area contributed by atoms with Crippen LogP contribution in [0.4, 0.5) is 14.5 Å². The average Bonchev–Trinajstić information content (AvgIpc) is 2.17. The van der Waals surface area contributed by atoms with E-state index >= 15 is 0 Å². The van der Waals surface area contributed by atoms with E-state index in [0.717, 1.165) is 7.05 Å². The molecular weight excluding hydrogens is 230 g/mol. The Morgan fingerprint density at radius 1 is 1.27 bits per heavy atom. The normalized spacial score (nSPS) is 11.4. The molecular formula is C7H6F2N2O3S. The summed E-state index contributed by atoms with van der Waals surface area (Å²) < 4.78 is 50.0. The molecule has 0 aliphatic carbocycles. The molecule has 0 bridgehead atoms. The highest BCUT2D eigenvalue weighted by atomic mass is 32.2. The Kier molecular flexibility index (Phi) is 3.10. The van der Waals surface area contributed by atoms with Gasteiger partial charge >= 0.3 is 0 Å². The van der Waals surface area contributed by atoms with E-state index in [2.05, 4.69) is 5.18 Å². The third-order valence-electron chi connectivity index (χ3n) is 1.66. The molecule has 1 rings (SSSR count). The quantitative estimate of drug-likeness (QED) is 0.803. The number of hydrogen-bond acceptors (Lipinski definition) is 4. The van der Waals surface area contributed by atoms with Crippen LogP contribution in [0, 0.1) is 16.5 Å². The predicted molar refractivity (Wildman–Crippen MR) is 48.1 cm³/mol. The first-order valence-electron chi connectivity index (χ1n) is 3.68. The van der Waals surface area contributed by atoms with Crippen LogP contribution in [0.1, 0.15) is 0 Å². The maximum absolute atomic E-state index is 13.0. The van der Waals surface area contributed by atoms with Crippen molar-refractivity contribution in [2.24, 2.45) is 5.18 Å².